The molecule has 1 aliphatic heterocycles. The molecule has 110 valence electrons. The van der Waals surface area contributed by atoms with Crippen LogP contribution < -0.4 is 5.32 Å². The van der Waals surface area contributed by atoms with Gasteiger partial charge < -0.3 is 5.32 Å². The molecule has 0 spiro atoms. The van der Waals surface area contributed by atoms with Gasteiger partial charge in [-0.2, -0.15) is 13.2 Å². The predicted octanol–water partition coefficient (Wildman–Crippen LogP) is 4.17. The number of rotatable bonds is 2. The zero-order valence-corrected chi connectivity index (χ0v) is 12.1. The molecule has 1 aromatic heterocycles. The summed E-state index contributed by atoms with van der Waals surface area (Å²) in [6, 6.07) is 2.34. The molecule has 1 aliphatic rings. The number of aromatic nitrogens is 1. The summed E-state index contributed by atoms with van der Waals surface area (Å²) in [5, 5.41) is 3.77. The molecule has 3 nitrogen and oxygen atoms in total. The number of amidine groups is 1. The van der Waals surface area contributed by atoms with Gasteiger partial charge in [-0.3, -0.25) is 4.99 Å². The van der Waals surface area contributed by atoms with Gasteiger partial charge in [-0.15, -0.1) is 0 Å². The monoisotopic (exact) mass is 303 g/mol. The molecule has 20 heavy (non-hydrogen) atoms. The Hall–Kier alpha value is -1.24. The Morgan fingerprint density at radius 1 is 1.40 bits per heavy atom. The molecule has 0 saturated carbocycles. The van der Waals surface area contributed by atoms with E-state index in [0.717, 1.165) is 29.8 Å². The summed E-state index contributed by atoms with van der Waals surface area (Å²) in [6.07, 6.45) is -1.28. The fraction of sp³-hybridized carbons (Fsp3) is 0.538. The molecule has 1 aromatic rings. The van der Waals surface area contributed by atoms with Crippen molar-refractivity contribution in [1.29, 1.82) is 0 Å². The van der Waals surface area contributed by atoms with E-state index in [4.69, 9.17) is 0 Å². The highest BCUT2D eigenvalue weighted by Crippen LogP contribution is 2.31. The second-order valence-electron chi connectivity index (χ2n) is 4.92. The third kappa shape index (κ3) is 3.65. The summed E-state index contributed by atoms with van der Waals surface area (Å²) < 4.78 is 37.2. The maximum atomic E-state index is 12.4. The van der Waals surface area contributed by atoms with Gasteiger partial charge in [0.2, 0.25) is 0 Å². The van der Waals surface area contributed by atoms with Crippen LogP contribution in [0, 0.1) is 0 Å². The molecule has 0 radical (unpaired) electrons. The van der Waals surface area contributed by atoms with Gasteiger partial charge in [-0.25, -0.2) is 4.98 Å². The van der Waals surface area contributed by atoms with Crippen LogP contribution in [-0.2, 0) is 6.18 Å². The summed E-state index contributed by atoms with van der Waals surface area (Å²) >= 11 is 1.57. The second-order valence-corrected chi connectivity index (χ2v) is 6.00. The smallest absolute Gasteiger partial charge is 0.334 e. The number of hydrogen-bond donors (Lipinski definition) is 1. The first-order valence-electron chi connectivity index (χ1n) is 6.35. The van der Waals surface area contributed by atoms with Crippen molar-refractivity contribution in [2.24, 2.45) is 4.99 Å². The van der Waals surface area contributed by atoms with Crippen molar-refractivity contribution in [3.63, 3.8) is 0 Å². The van der Waals surface area contributed by atoms with Crippen LogP contribution in [0.25, 0.3) is 0 Å². The molecule has 2 heterocycles. The Balaban J connectivity index is 2.11. The average Bonchev–Trinajstić information content (AvgIpc) is 2.38. The molecule has 0 fully saturated rings. The van der Waals surface area contributed by atoms with Crippen LogP contribution in [0.5, 0.6) is 0 Å². The molecule has 0 bridgehead atoms. The lowest BCUT2D eigenvalue weighted by Crippen LogP contribution is -2.29. The van der Waals surface area contributed by atoms with Gasteiger partial charge in [0.05, 0.1) is 17.4 Å². The third-order valence-electron chi connectivity index (χ3n) is 3.32. The minimum absolute atomic E-state index is 0.0904. The van der Waals surface area contributed by atoms with Crippen LogP contribution in [-0.4, -0.2) is 21.4 Å². The zero-order valence-electron chi connectivity index (χ0n) is 11.3. The summed E-state index contributed by atoms with van der Waals surface area (Å²) in [7, 11) is 0. The lowest BCUT2D eigenvalue weighted by atomic mass is 9.97. The SMILES string of the molecule is CCC1(C)CCSC(Nc2ccc(C(F)(F)F)nc2)=N1. The maximum Gasteiger partial charge on any atom is 0.433 e. The van der Waals surface area contributed by atoms with E-state index >= 15 is 0 Å². The van der Waals surface area contributed by atoms with Crippen LogP contribution in [0.2, 0.25) is 0 Å². The zero-order chi connectivity index (χ0) is 14.8. The van der Waals surface area contributed by atoms with Crippen LogP contribution >= 0.6 is 11.8 Å². The minimum Gasteiger partial charge on any atom is -0.334 e. The summed E-state index contributed by atoms with van der Waals surface area (Å²) in [4.78, 5) is 8.04. The van der Waals surface area contributed by atoms with Crippen molar-refractivity contribution < 1.29 is 13.2 Å². The molecule has 0 saturated heterocycles. The summed E-state index contributed by atoms with van der Waals surface area (Å²) in [5.74, 6) is 0.949. The molecular weight excluding hydrogens is 287 g/mol. The average molecular weight is 303 g/mol. The summed E-state index contributed by atoms with van der Waals surface area (Å²) in [5.41, 5.74) is -0.461. The van der Waals surface area contributed by atoms with E-state index in [-0.39, 0.29) is 5.54 Å². The van der Waals surface area contributed by atoms with Gasteiger partial charge in [0.25, 0.3) is 0 Å². The Bertz CT molecular complexity index is 499. The molecule has 0 aromatic carbocycles. The Labute approximate surface area is 120 Å². The number of aliphatic imine (C=N–C) groups is 1. The van der Waals surface area contributed by atoms with Crippen molar-refractivity contribution >= 4 is 22.6 Å². The molecule has 1 atom stereocenters. The molecule has 0 amide bonds. The van der Waals surface area contributed by atoms with Crippen molar-refractivity contribution in [3.05, 3.63) is 24.0 Å². The molecular formula is C13H16F3N3S. The Kier molecular flexibility index (Phi) is 4.27. The van der Waals surface area contributed by atoms with Gasteiger partial charge in [0, 0.05) is 5.75 Å². The topological polar surface area (TPSA) is 37.3 Å². The normalized spacial score (nSPS) is 23.4. The highest BCUT2D eigenvalue weighted by Gasteiger charge is 2.32. The van der Waals surface area contributed by atoms with Gasteiger partial charge in [0.15, 0.2) is 5.17 Å². The first-order valence-corrected chi connectivity index (χ1v) is 7.34. The fourth-order valence-electron chi connectivity index (χ4n) is 1.78. The number of alkyl halides is 3. The van der Waals surface area contributed by atoms with Gasteiger partial charge in [0.1, 0.15) is 5.69 Å². The molecule has 2 rings (SSSR count). The number of thioether (sulfide) groups is 1. The third-order valence-corrected chi connectivity index (χ3v) is 4.19. The Morgan fingerprint density at radius 3 is 2.70 bits per heavy atom. The van der Waals surface area contributed by atoms with Crippen LogP contribution in [0.4, 0.5) is 18.9 Å². The van der Waals surface area contributed by atoms with Crippen molar-refractivity contribution in [3.8, 4) is 0 Å². The lowest BCUT2D eigenvalue weighted by Gasteiger charge is -2.29. The Morgan fingerprint density at radius 2 is 2.15 bits per heavy atom. The van der Waals surface area contributed by atoms with Crippen LogP contribution in [0.15, 0.2) is 23.3 Å². The van der Waals surface area contributed by atoms with Crippen molar-refractivity contribution in [2.75, 3.05) is 11.1 Å². The van der Waals surface area contributed by atoms with Gasteiger partial charge in [-0.05, 0) is 31.9 Å². The van der Waals surface area contributed by atoms with Crippen molar-refractivity contribution in [1.82, 2.24) is 4.98 Å². The first-order chi connectivity index (χ1) is 9.32. The van der Waals surface area contributed by atoms with Crippen LogP contribution in [0.1, 0.15) is 32.4 Å². The fourth-order valence-corrected chi connectivity index (χ4v) is 2.99. The number of nitrogens with zero attached hydrogens (tertiary/aromatic N) is 2. The predicted molar refractivity (Wildman–Crippen MR) is 76.1 cm³/mol. The van der Waals surface area contributed by atoms with Crippen molar-refractivity contribution in [2.45, 2.75) is 38.4 Å². The quantitative estimate of drug-likeness (QED) is 0.891. The molecule has 0 aliphatic carbocycles. The van der Waals surface area contributed by atoms with E-state index in [9.17, 15) is 13.2 Å². The van der Waals surface area contributed by atoms with E-state index in [1.165, 1.54) is 12.3 Å². The van der Waals surface area contributed by atoms with E-state index < -0.39 is 11.9 Å². The van der Waals surface area contributed by atoms with Crippen LogP contribution in [0.3, 0.4) is 0 Å². The number of nitrogens with one attached hydrogen (secondary N) is 1. The standard InChI is InChI=1S/C13H16F3N3S/c1-3-12(2)6-7-20-11(19-12)18-9-4-5-10(17-8-9)13(14,15)16/h4-5,8H,3,6-7H2,1-2H3,(H,18,19). The van der Waals surface area contributed by atoms with E-state index in [1.54, 1.807) is 11.8 Å². The number of pyridine rings is 1. The first kappa shape index (κ1) is 15.2. The second kappa shape index (κ2) is 5.63. The largest absolute Gasteiger partial charge is 0.433 e. The highest BCUT2D eigenvalue weighted by molar-refractivity contribution is 8.14. The molecule has 1 unspecified atom stereocenters. The highest BCUT2D eigenvalue weighted by atomic mass is 32.2. The number of hydrogen-bond acceptors (Lipinski definition) is 4. The number of anilines is 1. The molecule has 7 heteroatoms. The number of halogens is 3. The molecule has 1 N–H and O–H groups in total. The lowest BCUT2D eigenvalue weighted by molar-refractivity contribution is -0.141. The summed E-state index contributed by atoms with van der Waals surface area (Å²) in [6.45, 7) is 4.16. The van der Waals surface area contributed by atoms with E-state index in [1.807, 2.05) is 0 Å². The minimum atomic E-state index is -4.41. The van der Waals surface area contributed by atoms with Gasteiger partial charge >= 0.3 is 6.18 Å². The van der Waals surface area contributed by atoms with Gasteiger partial charge in [-0.1, -0.05) is 18.7 Å². The van der Waals surface area contributed by atoms with E-state index in [2.05, 4.69) is 29.1 Å². The van der Waals surface area contributed by atoms with E-state index in [0.29, 0.717) is 5.69 Å². The maximum absolute atomic E-state index is 12.4.